The first kappa shape index (κ1) is 14.9. The van der Waals surface area contributed by atoms with Crippen LogP contribution in [0, 0.1) is 5.92 Å². The van der Waals surface area contributed by atoms with E-state index in [1.54, 1.807) is 18.7 Å². The molecule has 0 aliphatic heterocycles. The molecule has 1 aliphatic rings. The Morgan fingerprint density at radius 2 is 1.82 bits per heavy atom. The van der Waals surface area contributed by atoms with Crippen LogP contribution in [-0.2, 0) is 21.1 Å². The lowest BCUT2D eigenvalue weighted by atomic mass is 9.89. The van der Waals surface area contributed by atoms with Crippen molar-refractivity contribution < 1.29 is 4.74 Å². The molecule has 0 aromatic carbocycles. The van der Waals surface area contributed by atoms with E-state index in [-0.39, 0.29) is 17.4 Å². The van der Waals surface area contributed by atoms with E-state index in [2.05, 4.69) is 11.9 Å². The van der Waals surface area contributed by atoms with Gasteiger partial charge in [0, 0.05) is 21.1 Å². The van der Waals surface area contributed by atoms with Crippen molar-refractivity contribution in [3.63, 3.8) is 0 Å². The summed E-state index contributed by atoms with van der Waals surface area (Å²) >= 11 is 0. The van der Waals surface area contributed by atoms with Gasteiger partial charge in [-0.05, 0) is 25.2 Å². The monoisotopic (exact) mass is 306 g/mol. The summed E-state index contributed by atoms with van der Waals surface area (Å²) in [6, 6.07) is 0.410. The first-order valence-corrected chi connectivity index (χ1v) is 7.69. The minimum absolute atomic E-state index is 0.125. The summed E-state index contributed by atoms with van der Waals surface area (Å²) in [6.45, 7) is 2.23. The molecule has 1 fully saturated rings. The Bertz CT molecular complexity index is 830. The highest BCUT2D eigenvalue weighted by atomic mass is 16.5. The van der Waals surface area contributed by atoms with Crippen LogP contribution in [0.5, 0.6) is 6.01 Å². The molecule has 0 saturated heterocycles. The molecule has 3 rings (SSSR count). The van der Waals surface area contributed by atoms with Crippen molar-refractivity contribution in [1.29, 1.82) is 0 Å². The molecule has 0 spiro atoms. The van der Waals surface area contributed by atoms with Gasteiger partial charge in [-0.3, -0.25) is 18.5 Å². The highest BCUT2D eigenvalue weighted by molar-refractivity contribution is 5.71. The van der Waals surface area contributed by atoms with Crippen LogP contribution in [0.15, 0.2) is 9.59 Å². The number of aromatic nitrogens is 4. The molecule has 2 heterocycles. The molecule has 7 heteroatoms. The molecule has 2 aromatic heterocycles. The van der Waals surface area contributed by atoms with Gasteiger partial charge in [-0.1, -0.05) is 13.3 Å². The van der Waals surface area contributed by atoms with E-state index in [4.69, 9.17) is 4.74 Å². The van der Waals surface area contributed by atoms with Crippen molar-refractivity contribution in [1.82, 2.24) is 18.7 Å². The van der Waals surface area contributed by atoms with Gasteiger partial charge in [0.25, 0.3) is 11.6 Å². The minimum atomic E-state index is -0.381. The van der Waals surface area contributed by atoms with Gasteiger partial charge >= 0.3 is 5.69 Å². The summed E-state index contributed by atoms with van der Waals surface area (Å²) in [6.07, 6.45) is 4.51. The van der Waals surface area contributed by atoms with Crippen molar-refractivity contribution >= 4 is 11.2 Å². The van der Waals surface area contributed by atoms with Gasteiger partial charge in [-0.15, -0.1) is 0 Å². The summed E-state index contributed by atoms with van der Waals surface area (Å²) in [5, 5.41) is 0. The van der Waals surface area contributed by atoms with E-state index >= 15 is 0 Å². The Morgan fingerprint density at radius 3 is 2.50 bits per heavy atom. The van der Waals surface area contributed by atoms with Crippen molar-refractivity contribution in [3.05, 3.63) is 20.8 Å². The van der Waals surface area contributed by atoms with E-state index in [1.165, 1.54) is 18.0 Å². The van der Waals surface area contributed by atoms with Gasteiger partial charge < -0.3 is 4.74 Å². The number of rotatable bonds is 2. The van der Waals surface area contributed by atoms with E-state index in [0.29, 0.717) is 23.1 Å². The SMILES string of the molecule is C[C@H]1CCC[C@@H](Oc2nc3c(c(=O)n(C)c(=O)n3C)n2C)C1. The summed E-state index contributed by atoms with van der Waals surface area (Å²) in [5.41, 5.74) is 0.0336. The third-order valence-corrected chi connectivity index (χ3v) is 4.59. The van der Waals surface area contributed by atoms with Crippen LogP contribution in [-0.4, -0.2) is 24.8 Å². The highest BCUT2D eigenvalue weighted by Crippen LogP contribution is 2.27. The molecule has 2 atom stereocenters. The van der Waals surface area contributed by atoms with Crippen LogP contribution in [0.3, 0.4) is 0 Å². The minimum Gasteiger partial charge on any atom is -0.461 e. The zero-order valence-corrected chi connectivity index (χ0v) is 13.5. The molecule has 1 aliphatic carbocycles. The second-order valence-electron chi connectivity index (χ2n) is 6.34. The zero-order chi connectivity index (χ0) is 16.0. The Labute approximate surface area is 128 Å². The van der Waals surface area contributed by atoms with Gasteiger partial charge in [0.15, 0.2) is 11.2 Å². The average molecular weight is 306 g/mol. The quantitative estimate of drug-likeness (QED) is 0.827. The Morgan fingerprint density at radius 1 is 1.09 bits per heavy atom. The largest absolute Gasteiger partial charge is 0.461 e. The molecular weight excluding hydrogens is 284 g/mol. The second-order valence-corrected chi connectivity index (χ2v) is 6.34. The number of nitrogens with zero attached hydrogens (tertiary/aromatic N) is 4. The molecule has 1 saturated carbocycles. The third-order valence-electron chi connectivity index (χ3n) is 4.59. The van der Waals surface area contributed by atoms with Crippen LogP contribution in [0.2, 0.25) is 0 Å². The summed E-state index contributed by atoms with van der Waals surface area (Å²) in [4.78, 5) is 28.7. The average Bonchev–Trinajstić information content (AvgIpc) is 2.80. The fourth-order valence-electron chi connectivity index (χ4n) is 3.24. The predicted molar refractivity (Wildman–Crippen MR) is 83.2 cm³/mol. The third kappa shape index (κ3) is 2.24. The fourth-order valence-corrected chi connectivity index (χ4v) is 3.24. The second kappa shape index (κ2) is 5.30. The normalized spacial score (nSPS) is 22.2. The number of hydrogen-bond donors (Lipinski definition) is 0. The number of aryl methyl sites for hydroxylation is 2. The van der Waals surface area contributed by atoms with Crippen LogP contribution >= 0.6 is 0 Å². The molecule has 0 radical (unpaired) electrons. The summed E-state index contributed by atoms with van der Waals surface area (Å²) in [5.74, 6) is 0.644. The predicted octanol–water partition coefficient (Wildman–Crippen LogP) is 0.928. The van der Waals surface area contributed by atoms with Crippen LogP contribution < -0.4 is 16.0 Å². The molecule has 0 N–H and O–H groups in total. The lowest BCUT2D eigenvalue weighted by molar-refractivity contribution is 0.115. The highest BCUT2D eigenvalue weighted by Gasteiger charge is 2.24. The maximum absolute atomic E-state index is 12.3. The lowest BCUT2D eigenvalue weighted by Crippen LogP contribution is -2.37. The van der Waals surface area contributed by atoms with Crippen molar-refractivity contribution in [2.24, 2.45) is 27.1 Å². The van der Waals surface area contributed by atoms with Gasteiger partial charge in [0.1, 0.15) is 6.10 Å². The number of fused-ring (bicyclic) bond motifs is 1. The first-order valence-electron chi connectivity index (χ1n) is 7.69. The van der Waals surface area contributed by atoms with Gasteiger partial charge in [-0.25, -0.2) is 4.79 Å². The summed E-state index contributed by atoms with van der Waals surface area (Å²) in [7, 11) is 4.84. The Balaban J connectivity index is 2.07. The molecule has 0 bridgehead atoms. The molecule has 2 aromatic rings. The van der Waals surface area contributed by atoms with Crippen LogP contribution in [0.1, 0.15) is 32.6 Å². The maximum atomic E-state index is 12.3. The standard InChI is InChI=1S/C15H22N4O3/c1-9-6-5-7-10(8-9)22-14-16-12-11(17(14)2)13(20)19(4)15(21)18(12)3/h9-10H,5-8H2,1-4H3/t9-,10+/m0/s1. The van der Waals surface area contributed by atoms with E-state index in [9.17, 15) is 9.59 Å². The van der Waals surface area contributed by atoms with Crippen molar-refractivity contribution in [2.75, 3.05) is 0 Å². The smallest absolute Gasteiger partial charge is 0.332 e. The number of imidazole rings is 1. The Hall–Kier alpha value is -2.05. The van der Waals surface area contributed by atoms with Gasteiger partial charge in [-0.2, -0.15) is 4.98 Å². The first-order chi connectivity index (χ1) is 10.4. The van der Waals surface area contributed by atoms with Crippen molar-refractivity contribution in [3.8, 4) is 6.01 Å². The van der Waals surface area contributed by atoms with E-state index in [0.717, 1.165) is 23.8 Å². The van der Waals surface area contributed by atoms with Crippen LogP contribution in [0.4, 0.5) is 0 Å². The zero-order valence-electron chi connectivity index (χ0n) is 13.5. The van der Waals surface area contributed by atoms with E-state index in [1.807, 2.05) is 0 Å². The lowest BCUT2D eigenvalue weighted by Gasteiger charge is -2.26. The molecule has 7 nitrogen and oxygen atoms in total. The number of ether oxygens (including phenoxy) is 1. The molecule has 0 unspecified atom stereocenters. The molecular formula is C15H22N4O3. The molecule has 22 heavy (non-hydrogen) atoms. The maximum Gasteiger partial charge on any atom is 0.332 e. The number of hydrogen-bond acceptors (Lipinski definition) is 4. The topological polar surface area (TPSA) is 71.1 Å². The van der Waals surface area contributed by atoms with E-state index < -0.39 is 0 Å². The molecule has 0 amide bonds. The van der Waals surface area contributed by atoms with Gasteiger partial charge in [0.2, 0.25) is 0 Å². The Kier molecular flexibility index (Phi) is 3.58. The molecule has 120 valence electrons. The van der Waals surface area contributed by atoms with Crippen LogP contribution in [0.25, 0.3) is 11.2 Å². The summed E-state index contributed by atoms with van der Waals surface area (Å²) < 4.78 is 10.1. The van der Waals surface area contributed by atoms with Gasteiger partial charge in [0.05, 0.1) is 0 Å². The fraction of sp³-hybridized carbons (Fsp3) is 0.667. The van der Waals surface area contributed by atoms with Crippen molar-refractivity contribution in [2.45, 2.75) is 38.7 Å².